The summed E-state index contributed by atoms with van der Waals surface area (Å²) >= 11 is 6.08. The van der Waals surface area contributed by atoms with E-state index in [1.165, 1.54) is 11.1 Å². The lowest BCUT2D eigenvalue weighted by molar-refractivity contribution is -0.123. The van der Waals surface area contributed by atoms with Gasteiger partial charge in [0, 0.05) is 6.54 Å². The van der Waals surface area contributed by atoms with Gasteiger partial charge < -0.3 is 5.32 Å². The SMILES string of the molecule is CCCC(Cl)CNC(=O)C1Cc2ccccc21. The van der Waals surface area contributed by atoms with Crippen molar-refractivity contribution in [2.45, 2.75) is 37.5 Å². The van der Waals surface area contributed by atoms with E-state index in [9.17, 15) is 4.79 Å². The topological polar surface area (TPSA) is 29.1 Å². The lowest BCUT2D eigenvalue weighted by Gasteiger charge is -2.29. The van der Waals surface area contributed by atoms with Gasteiger partial charge in [-0.1, -0.05) is 37.6 Å². The Morgan fingerprint density at radius 1 is 1.53 bits per heavy atom. The summed E-state index contributed by atoms with van der Waals surface area (Å²) < 4.78 is 0. The van der Waals surface area contributed by atoms with Gasteiger partial charge in [-0.05, 0) is 24.0 Å². The quantitative estimate of drug-likeness (QED) is 0.801. The first-order valence-corrected chi connectivity index (χ1v) is 6.65. The van der Waals surface area contributed by atoms with Crippen LogP contribution in [0.1, 0.15) is 36.8 Å². The Labute approximate surface area is 107 Å². The smallest absolute Gasteiger partial charge is 0.227 e. The molecule has 1 aromatic carbocycles. The van der Waals surface area contributed by atoms with E-state index in [4.69, 9.17) is 11.6 Å². The Bertz CT molecular complexity index is 405. The van der Waals surface area contributed by atoms with Crippen molar-refractivity contribution in [1.82, 2.24) is 5.32 Å². The first kappa shape index (κ1) is 12.4. The van der Waals surface area contributed by atoms with E-state index in [-0.39, 0.29) is 17.2 Å². The second-order valence-electron chi connectivity index (χ2n) is 4.59. The number of carbonyl (C=O) groups is 1. The van der Waals surface area contributed by atoms with Gasteiger partial charge in [-0.15, -0.1) is 11.6 Å². The third-order valence-electron chi connectivity index (χ3n) is 3.27. The first-order valence-electron chi connectivity index (χ1n) is 6.22. The number of benzene rings is 1. The molecule has 2 nitrogen and oxygen atoms in total. The number of carbonyl (C=O) groups excluding carboxylic acids is 1. The van der Waals surface area contributed by atoms with Crippen molar-refractivity contribution in [2.75, 3.05) is 6.54 Å². The fraction of sp³-hybridized carbons (Fsp3) is 0.500. The maximum Gasteiger partial charge on any atom is 0.227 e. The van der Waals surface area contributed by atoms with Crippen LogP contribution in [0.15, 0.2) is 24.3 Å². The van der Waals surface area contributed by atoms with Crippen molar-refractivity contribution < 1.29 is 4.79 Å². The van der Waals surface area contributed by atoms with Gasteiger partial charge in [-0.2, -0.15) is 0 Å². The molecule has 0 bridgehead atoms. The fourth-order valence-electron chi connectivity index (χ4n) is 2.24. The zero-order chi connectivity index (χ0) is 12.3. The van der Waals surface area contributed by atoms with E-state index >= 15 is 0 Å². The van der Waals surface area contributed by atoms with Crippen LogP contribution in [0.3, 0.4) is 0 Å². The van der Waals surface area contributed by atoms with Gasteiger partial charge in [-0.3, -0.25) is 4.79 Å². The predicted molar refractivity (Wildman–Crippen MR) is 70.4 cm³/mol. The van der Waals surface area contributed by atoms with Crippen LogP contribution in [-0.2, 0) is 11.2 Å². The highest BCUT2D eigenvalue weighted by Crippen LogP contribution is 2.34. The van der Waals surface area contributed by atoms with Gasteiger partial charge in [-0.25, -0.2) is 0 Å². The third-order valence-corrected chi connectivity index (χ3v) is 3.64. The molecule has 1 aromatic rings. The lowest BCUT2D eigenvalue weighted by Crippen LogP contribution is -2.38. The number of hydrogen-bond donors (Lipinski definition) is 1. The van der Waals surface area contributed by atoms with Crippen LogP contribution in [0.5, 0.6) is 0 Å². The standard InChI is InChI=1S/C14H18ClNO/c1-2-5-11(15)9-16-14(17)13-8-10-6-3-4-7-12(10)13/h3-4,6-7,11,13H,2,5,8-9H2,1H3,(H,16,17). The minimum Gasteiger partial charge on any atom is -0.354 e. The Morgan fingerprint density at radius 3 is 3.00 bits per heavy atom. The van der Waals surface area contributed by atoms with Crippen LogP contribution in [0.4, 0.5) is 0 Å². The van der Waals surface area contributed by atoms with E-state index < -0.39 is 0 Å². The number of amides is 1. The van der Waals surface area contributed by atoms with E-state index in [0.29, 0.717) is 6.54 Å². The highest BCUT2D eigenvalue weighted by Gasteiger charge is 2.31. The molecule has 0 radical (unpaired) electrons. The monoisotopic (exact) mass is 251 g/mol. The summed E-state index contributed by atoms with van der Waals surface area (Å²) in [7, 11) is 0. The molecule has 92 valence electrons. The van der Waals surface area contributed by atoms with Gasteiger partial charge in [0.25, 0.3) is 0 Å². The van der Waals surface area contributed by atoms with E-state index in [2.05, 4.69) is 18.3 Å². The van der Waals surface area contributed by atoms with Crippen molar-refractivity contribution in [2.24, 2.45) is 0 Å². The number of rotatable bonds is 5. The molecule has 1 aliphatic carbocycles. The molecule has 1 amide bonds. The highest BCUT2D eigenvalue weighted by atomic mass is 35.5. The molecule has 0 aliphatic heterocycles. The number of alkyl halides is 1. The fourth-order valence-corrected chi connectivity index (χ4v) is 2.54. The Kier molecular flexibility index (Phi) is 4.06. The molecular formula is C14H18ClNO. The van der Waals surface area contributed by atoms with Crippen molar-refractivity contribution in [3.05, 3.63) is 35.4 Å². The Hall–Kier alpha value is -1.02. The number of halogens is 1. The van der Waals surface area contributed by atoms with Gasteiger partial charge in [0.2, 0.25) is 5.91 Å². The minimum atomic E-state index is 0.0386. The largest absolute Gasteiger partial charge is 0.354 e. The molecule has 0 saturated carbocycles. The van der Waals surface area contributed by atoms with Crippen molar-refractivity contribution >= 4 is 17.5 Å². The van der Waals surface area contributed by atoms with Gasteiger partial charge in [0.1, 0.15) is 0 Å². The summed E-state index contributed by atoms with van der Waals surface area (Å²) in [6.45, 7) is 2.67. The van der Waals surface area contributed by atoms with Crippen LogP contribution < -0.4 is 5.32 Å². The average molecular weight is 252 g/mol. The zero-order valence-corrected chi connectivity index (χ0v) is 10.8. The van der Waals surface area contributed by atoms with E-state index in [1.54, 1.807) is 0 Å². The first-order chi connectivity index (χ1) is 8.22. The molecule has 0 fully saturated rings. The molecule has 0 aromatic heterocycles. The number of fused-ring (bicyclic) bond motifs is 1. The molecular weight excluding hydrogens is 234 g/mol. The molecule has 0 spiro atoms. The summed E-state index contributed by atoms with van der Waals surface area (Å²) in [4.78, 5) is 11.9. The second-order valence-corrected chi connectivity index (χ2v) is 5.20. The Morgan fingerprint density at radius 2 is 2.29 bits per heavy atom. The molecule has 2 rings (SSSR count). The summed E-state index contributed by atoms with van der Waals surface area (Å²) in [6, 6.07) is 8.12. The molecule has 0 saturated heterocycles. The minimum absolute atomic E-state index is 0.0386. The molecule has 2 unspecified atom stereocenters. The number of hydrogen-bond acceptors (Lipinski definition) is 1. The molecule has 1 N–H and O–H groups in total. The highest BCUT2D eigenvalue weighted by molar-refractivity contribution is 6.20. The van der Waals surface area contributed by atoms with Crippen LogP contribution >= 0.6 is 11.6 Å². The summed E-state index contributed by atoms with van der Waals surface area (Å²) in [5.41, 5.74) is 2.47. The third kappa shape index (κ3) is 2.81. The number of nitrogens with one attached hydrogen (secondary N) is 1. The van der Waals surface area contributed by atoms with Crippen molar-refractivity contribution in [3.63, 3.8) is 0 Å². The molecule has 17 heavy (non-hydrogen) atoms. The molecule has 3 heteroatoms. The maximum absolute atomic E-state index is 11.9. The summed E-state index contributed by atoms with van der Waals surface area (Å²) in [5, 5.41) is 2.99. The van der Waals surface area contributed by atoms with E-state index in [1.807, 2.05) is 18.2 Å². The van der Waals surface area contributed by atoms with E-state index in [0.717, 1.165) is 19.3 Å². The normalized spacial score (nSPS) is 19.1. The van der Waals surface area contributed by atoms with Crippen LogP contribution in [0.2, 0.25) is 0 Å². The second kappa shape index (κ2) is 5.54. The lowest BCUT2D eigenvalue weighted by atomic mass is 9.77. The van der Waals surface area contributed by atoms with Gasteiger partial charge >= 0.3 is 0 Å². The van der Waals surface area contributed by atoms with Crippen LogP contribution in [0, 0.1) is 0 Å². The molecule has 2 atom stereocenters. The zero-order valence-electron chi connectivity index (χ0n) is 10.1. The Balaban J connectivity index is 1.83. The van der Waals surface area contributed by atoms with Crippen LogP contribution in [-0.4, -0.2) is 17.8 Å². The molecule has 1 aliphatic rings. The van der Waals surface area contributed by atoms with Gasteiger partial charge in [0.15, 0.2) is 0 Å². The van der Waals surface area contributed by atoms with Gasteiger partial charge in [0.05, 0.1) is 11.3 Å². The average Bonchev–Trinajstić information content (AvgIpc) is 2.28. The predicted octanol–water partition coefficient (Wildman–Crippen LogP) is 2.85. The maximum atomic E-state index is 11.9. The summed E-state index contributed by atoms with van der Waals surface area (Å²) in [5.74, 6) is 0.155. The summed E-state index contributed by atoms with van der Waals surface area (Å²) in [6.07, 6.45) is 2.86. The molecule has 0 heterocycles. The van der Waals surface area contributed by atoms with Crippen molar-refractivity contribution in [1.29, 1.82) is 0 Å². The van der Waals surface area contributed by atoms with Crippen molar-refractivity contribution in [3.8, 4) is 0 Å². The van der Waals surface area contributed by atoms with Crippen LogP contribution in [0.25, 0.3) is 0 Å².